The molecule has 1 unspecified atom stereocenters. The number of Topliss-reactive ketones (excluding diaryl/α,β-unsaturated/α-hetero) is 1. The number of aromatic nitrogens is 2. The molecular formula is C12H19N3OS. The van der Waals surface area contributed by atoms with E-state index in [0.29, 0.717) is 12.2 Å². The van der Waals surface area contributed by atoms with Crippen LogP contribution in [0.2, 0.25) is 0 Å². The van der Waals surface area contributed by atoms with Crippen molar-refractivity contribution in [3.63, 3.8) is 0 Å². The van der Waals surface area contributed by atoms with Gasteiger partial charge in [0.1, 0.15) is 5.82 Å². The molecule has 0 bridgehead atoms. The minimum Gasteiger partial charge on any atom is -0.338 e. The van der Waals surface area contributed by atoms with E-state index in [2.05, 4.69) is 9.88 Å². The minimum atomic E-state index is 0.106. The first-order valence-electron chi connectivity index (χ1n) is 5.95. The number of aryl methyl sites for hydroxylation is 2. The highest BCUT2D eigenvalue weighted by Gasteiger charge is 2.25. The molecule has 2 rings (SSSR count). The number of imidazole rings is 1. The van der Waals surface area contributed by atoms with Crippen LogP contribution in [0.4, 0.5) is 0 Å². The summed E-state index contributed by atoms with van der Waals surface area (Å²) in [6.07, 6.45) is 5.04. The molecule has 2 heterocycles. The van der Waals surface area contributed by atoms with E-state index in [4.69, 9.17) is 0 Å². The highest BCUT2D eigenvalue weighted by Crippen LogP contribution is 2.17. The Kier molecular flexibility index (Phi) is 4.23. The van der Waals surface area contributed by atoms with Gasteiger partial charge in [0.2, 0.25) is 0 Å². The molecule has 0 spiro atoms. The van der Waals surface area contributed by atoms with Crippen molar-refractivity contribution in [2.24, 2.45) is 7.05 Å². The van der Waals surface area contributed by atoms with Crippen LogP contribution in [0.15, 0.2) is 12.4 Å². The van der Waals surface area contributed by atoms with Crippen LogP contribution in [-0.2, 0) is 18.3 Å². The van der Waals surface area contributed by atoms with E-state index in [1.54, 1.807) is 6.20 Å². The summed E-state index contributed by atoms with van der Waals surface area (Å²) in [5.74, 6) is 3.42. The molecule has 1 aliphatic heterocycles. The van der Waals surface area contributed by atoms with Crippen LogP contribution in [0.1, 0.15) is 12.2 Å². The topological polar surface area (TPSA) is 38.1 Å². The molecule has 1 fully saturated rings. The predicted molar refractivity (Wildman–Crippen MR) is 70.3 cm³/mol. The SMILES string of the molecule is CN1CCSCC1C(=O)CCc1nccn1C. The van der Waals surface area contributed by atoms with Gasteiger partial charge >= 0.3 is 0 Å². The number of hydrogen-bond acceptors (Lipinski definition) is 4. The molecule has 0 aliphatic carbocycles. The fraction of sp³-hybridized carbons (Fsp3) is 0.667. The largest absolute Gasteiger partial charge is 0.338 e. The average molecular weight is 253 g/mol. The second-order valence-corrected chi connectivity index (χ2v) is 5.64. The van der Waals surface area contributed by atoms with Gasteiger partial charge in [0.05, 0.1) is 6.04 Å². The normalized spacial score (nSPS) is 21.6. The van der Waals surface area contributed by atoms with E-state index in [1.807, 2.05) is 36.6 Å². The van der Waals surface area contributed by atoms with Gasteiger partial charge in [-0.2, -0.15) is 11.8 Å². The van der Waals surface area contributed by atoms with Crippen LogP contribution in [0.5, 0.6) is 0 Å². The van der Waals surface area contributed by atoms with Gasteiger partial charge in [0.15, 0.2) is 5.78 Å². The first-order valence-corrected chi connectivity index (χ1v) is 7.11. The lowest BCUT2D eigenvalue weighted by Gasteiger charge is -2.30. The zero-order valence-corrected chi connectivity index (χ0v) is 11.2. The fourth-order valence-electron chi connectivity index (χ4n) is 2.06. The highest BCUT2D eigenvalue weighted by atomic mass is 32.2. The zero-order chi connectivity index (χ0) is 12.3. The number of ketones is 1. The van der Waals surface area contributed by atoms with E-state index in [1.165, 1.54) is 0 Å². The molecule has 1 atom stereocenters. The Bertz CT molecular complexity index is 391. The lowest BCUT2D eigenvalue weighted by molar-refractivity contribution is -0.123. The third-order valence-electron chi connectivity index (χ3n) is 3.28. The van der Waals surface area contributed by atoms with Crippen molar-refractivity contribution in [2.45, 2.75) is 18.9 Å². The van der Waals surface area contributed by atoms with Crippen molar-refractivity contribution in [3.05, 3.63) is 18.2 Å². The molecule has 1 saturated heterocycles. The van der Waals surface area contributed by atoms with Gasteiger partial charge in [-0.3, -0.25) is 9.69 Å². The number of carbonyl (C=O) groups excluding carboxylic acids is 1. The molecule has 17 heavy (non-hydrogen) atoms. The third kappa shape index (κ3) is 3.10. The summed E-state index contributed by atoms with van der Waals surface area (Å²) in [5.41, 5.74) is 0. The molecule has 0 saturated carbocycles. The van der Waals surface area contributed by atoms with E-state index < -0.39 is 0 Å². The van der Waals surface area contributed by atoms with Crippen LogP contribution < -0.4 is 0 Å². The molecule has 1 aromatic heterocycles. The van der Waals surface area contributed by atoms with E-state index in [-0.39, 0.29) is 6.04 Å². The molecule has 1 aromatic rings. The second kappa shape index (κ2) is 5.69. The zero-order valence-electron chi connectivity index (χ0n) is 10.4. The van der Waals surface area contributed by atoms with Crippen molar-refractivity contribution >= 4 is 17.5 Å². The van der Waals surface area contributed by atoms with E-state index >= 15 is 0 Å². The molecular weight excluding hydrogens is 234 g/mol. The predicted octanol–water partition coefficient (Wildman–Crippen LogP) is 0.969. The quantitative estimate of drug-likeness (QED) is 0.801. The van der Waals surface area contributed by atoms with E-state index in [9.17, 15) is 4.79 Å². The van der Waals surface area contributed by atoms with Gasteiger partial charge in [-0.15, -0.1) is 0 Å². The van der Waals surface area contributed by atoms with Crippen molar-refractivity contribution in [1.82, 2.24) is 14.5 Å². The van der Waals surface area contributed by atoms with Crippen LogP contribution in [0, 0.1) is 0 Å². The molecule has 4 nitrogen and oxygen atoms in total. The summed E-state index contributed by atoms with van der Waals surface area (Å²) < 4.78 is 1.98. The Morgan fingerprint density at radius 3 is 3.06 bits per heavy atom. The molecule has 0 amide bonds. The van der Waals surface area contributed by atoms with Gasteiger partial charge in [-0.1, -0.05) is 0 Å². The van der Waals surface area contributed by atoms with E-state index in [0.717, 1.165) is 30.3 Å². The van der Waals surface area contributed by atoms with Gasteiger partial charge < -0.3 is 4.57 Å². The van der Waals surface area contributed by atoms with Crippen LogP contribution in [-0.4, -0.2) is 51.4 Å². The fourth-order valence-corrected chi connectivity index (χ4v) is 3.31. The Hall–Kier alpha value is -0.810. The number of nitrogens with zero attached hydrogens (tertiary/aromatic N) is 3. The molecule has 0 aromatic carbocycles. The number of thioether (sulfide) groups is 1. The molecule has 0 radical (unpaired) electrons. The number of carbonyl (C=O) groups is 1. The lowest BCUT2D eigenvalue weighted by Crippen LogP contribution is -2.44. The van der Waals surface area contributed by atoms with Crippen molar-refractivity contribution in [2.75, 3.05) is 25.1 Å². The molecule has 1 aliphatic rings. The summed E-state index contributed by atoms with van der Waals surface area (Å²) in [5, 5.41) is 0. The maximum Gasteiger partial charge on any atom is 0.151 e. The summed E-state index contributed by atoms with van der Waals surface area (Å²) in [6, 6.07) is 0.106. The first-order chi connectivity index (χ1) is 8.18. The van der Waals surface area contributed by atoms with Crippen LogP contribution in [0.3, 0.4) is 0 Å². The van der Waals surface area contributed by atoms with Crippen molar-refractivity contribution < 1.29 is 4.79 Å². The lowest BCUT2D eigenvalue weighted by atomic mass is 10.1. The van der Waals surface area contributed by atoms with Crippen LogP contribution in [0.25, 0.3) is 0 Å². The Morgan fingerprint density at radius 1 is 1.59 bits per heavy atom. The standard InChI is InChI=1S/C12H19N3OS/c1-14-7-8-17-9-10(14)11(16)3-4-12-13-5-6-15(12)2/h5-6,10H,3-4,7-9H2,1-2H3. The van der Waals surface area contributed by atoms with Crippen LogP contribution >= 0.6 is 11.8 Å². The molecule has 0 N–H and O–H groups in total. The Morgan fingerprint density at radius 2 is 2.41 bits per heavy atom. The third-order valence-corrected chi connectivity index (χ3v) is 4.31. The summed E-state index contributed by atoms with van der Waals surface area (Å²) >= 11 is 1.88. The number of likely N-dealkylation sites (N-methyl/N-ethyl adjacent to an activating group) is 1. The summed E-state index contributed by atoms with van der Waals surface area (Å²) in [7, 11) is 4.01. The Labute approximate surface area is 106 Å². The second-order valence-electron chi connectivity index (χ2n) is 4.49. The van der Waals surface area contributed by atoms with Gasteiger partial charge in [-0.05, 0) is 7.05 Å². The first kappa shape index (κ1) is 12.6. The van der Waals surface area contributed by atoms with Crippen molar-refractivity contribution in [3.8, 4) is 0 Å². The maximum absolute atomic E-state index is 12.1. The van der Waals surface area contributed by atoms with Gasteiger partial charge in [0.25, 0.3) is 0 Å². The van der Waals surface area contributed by atoms with Gasteiger partial charge in [-0.25, -0.2) is 4.98 Å². The Balaban J connectivity index is 1.86. The molecule has 5 heteroatoms. The summed E-state index contributed by atoms with van der Waals surface area (Å²) in [6.45, 7) is 1.02. The number of rotatable bonds is 4. The number of hydrogen-bond donors (Lipinski definition) is 0. The smallest absolute Gasteiger partial charge is 0.151 e. The molecule has 94 valence electrons. The minimum absolute atomic E-state index is 0.106. The van der Waals surface area contributed by atoms with Crippen molar-refractivity contribution in [1.29, 1.82) is 0 Å². The van der Waals surface area contributed by atoms with Gasteiger partial charge in [0, 0.05) is 50.3 Å². The summed E-state index contributed by atoms with van der Waals surface area (Å²) in [4.78, 5) is 18.5. The maximum atomic E-state index is 12.1. The highest BCUT2D eigenvalue weighted by molar-refractivity contribution is 7.99. The average Bonchev–Trinajstić information content (AvgIpc) is 2.72. The monoisotopic (exact) mass is 253 g/mol.